The first-order chi connectivity index (χ1) is 10.3. The number of rotatable bonds is 4. The minimum atomic E-state index is 0.670. The smallest absolute Gasteiger partial charge is 0.128 e. The van der Waals surface area contributed by atoms with Crippen LogP contribution < -0.4 is 10.9 Å². The van der Waals surface area contributed by atoms with Crippen molar-refractivity contribution in [1.29, 1.82) is 0 Å². The quantitative estimate of drug-likeness (QED) is 0.869. The number of hydrogen-bond donors (Lipinski definition) is 2. The number of nitrogens with zero attached hydrogens (tertiary/aromatic N) is 3. The summed E-state index contributed by atoms with van der Waals surface area (Å²) in [6.07, 6.45) is 6.88. The van der Waals surface area contributed by atoms with E-state index in [1.807, 2.05) is 6.20 Å². The lowest BCUT2D eigenvalue weighted by molar-refractivity contribution is 0.142. The fraction of sp³-hybridized carbons (Fsp3) is 0.750. The normalized spacial score (nSPS) is 33.1. The van der Waals surface area contributed by atoms with Gasteiger partial charge in [0, 0.05) is 50.3 Å². The number of hydrazine groups is 1. The molecule has 5 nitrogen and oxygen atoms in total. The SMILES string of the molecule is CCc1nccc(CN2CCC3NNC(C4CC4)C3C2)n1. The Kier molecular flexibility index (Phi) is 3.65. The van der Waals surface area contributed by atoms with Crippen LogP contribution in [0, 0.1) is 11.8 Å². The molecule has 3 heterocycles. The lowest BCUT2D eigenvalue weighted by atomic mass is 9.86. The summed E-state index contributed by atoms with van der Waals surface area (Å²) in [5, 5.41) is 0. The summed E-state index contributed by atoms with van der Waals surface area (Å²) in [6.45, 7) is 5.44. The van der Waals surface area contributed by atoms with E-state index in [4.69, 9.17) is 0 Å². The molecule has 0 spiro atoms. The maximum absolute atomic E-state index is 4.65. The van der Waals surface area contributed by atoms with E-state index in [0.29, 0.717) is 12.1 Å². The van der Waals surface area contributed by atoms with Gasteiger partial charge in [-0.2, -0.15) is 0 Å². The zero-order valence-electron chi connectivity index (χ0n) is 12.8. The van der Waals surface area contributed by atoms with E-state index in [1.54, 1.807) is 0 Å². The molecule has 3 aliphatic rings. The Morgan fingerprint density at radius 2 is 2.19 bits per heavy atom. The van der Waals surface area contributed by atoms with E-state index in [-0.39, 0.29) is 0 Å². The molecule has 2 saturated heterocycles. The highest BCUT2D eigenvalue weighted by Gasteiger charge is 2.46. The number of nitrogens with one attached hydrogen (secondary N) is 2. The molecule has 2 aliphatic heterocycles. The molecule has 3 unspecified atom stereocenters. The van der Waals surface area contributed by atoms with Crippen molar-refractivity contribution in [3.05, 3.63) is 23.8 Å². The molecule has 3 atom stereocenters. The predicted molar refractivity (Wildman–Crippen MR) is 81.4 cm³/mol. The first kappa shape index (κ1) is 13.6. The van der Waals surface area contributed by atoms with Crippen molar-refractivity contribution >= 4 is 0 Å². The van der Waals surface area contributed by atoms with Crippen molar-refractivity contribution in [3.8, 4) is 0 Å². The number of fused-ring (bicyclic) bond motifs is 1. The van der Waals surface area contributed by atoms with Gasteiger partial charge in [-0.05, 0) is 31.2 Å². The second kappa shape index (κ2) is 5.63. The largest absolute Gasteiger partial charge is 0.297 e. The molecule has 0 radical (unpaired) electrons. The summed E-state index contributed by atoms with van der Waals surface area (Å²) in [6, 6.07) is 3.42. The van der Waals surface area contributed by atoms with Gasteiger partial charge in [0.05, 0.1) is 5.69 Å². The second-order valence-electron chi connectivity index (χ2n) is 6.76. The van der Waals surface area contributed by atoms with Gasteiger partial charge in [-0.1, -0.05) is 6.92 Å². The number of hydrogen-bond acceptors (Lipinski definition) is 5. The fourth-order valence-corrected chi connectivity index (χ4v) is 3.90. The molecule has 0 aromatic carbocycles. The van der Waals surface area contributed by atoms with Gasteiger partial charge in [0.15, 0.2) is 0 Å². The van der Waals surface area contributed by atoms with Gasteiger partial charge >= 0.3 is 0 Å². The van der Waals surface area contributed by atoms with Gasteiger partial charge in [0.25, 0.3) is 0 Å². The molecule has 4 rings (SSSR count). The van der Waals surface area contributed by atoms with Gasteiger partial charge in [0.1, 0.15) is 5.82 Å². The topological polar surface area (TPSA) is 53.1 Å². The van der Waals surface area contributed by atoms with Crippen molar-refractivity contribution in [2.45, 2.75) is 51.2 Å². The van der Waals surface area contributed by atoms with Crippen molar-refractivity contribution in [3.63, 3.8) is 0 Å². The van der Waals surface area contributed by atoms with Crippen LogP contribution in [0.2, 0.25) is 0 Å². The summed E-state index contributed by atoms with van der Waals surface area (Å²) < 4.78 is 0. The first-order valence-electron chi connectivity index (χ1n) is 8.37. The molecular weight excluding hydrogens is 262 g/mol. The summed E-state index contributed by atoms with van der Waals surface area (Å²) >= 11 is 0. The minimum absolute atomic E-state index is 0.670. The van der Waals surface area contributed by atoms with Gasteiger partial charge in [-0.15, -0.1) is 0 Å². The maximum atomic E-state index is 4.65. The third kappa shape index (κ3) is 2.82. The molecular formula is C16H25N5. The van der Waals surface area contributed by atoms with Crippen LogP contribution in [0.1, 0.15) is 37.7 Å². The standard InChI is InChI=1S/C16H25N5/c1-2-15-17-7-5-12(18-15)9-21-8-6-14-13(10-21)16(20-19-14)11-3-4-11/h5,7,11,13-14,16,19-20H,2-4,6,8-10H2,1H3. The molecule has 2 N–H and O–H groups in total. The van der Waals surface area contributed by atoms with Crippen LogP contribution in [0.5, 0.6) is 0 Å². The van der Waals surface area contributed by atoms with Crippen LogP contribution in [0.15, 0.2) is 12.3 Å². The highest BCUT2D eigenvalue weighted by atomic mass is 15.4. The molecule has 1 aliphatic carbocycles. The van der Waals surface area contributed by atoms with E-state index in [2.05, 4.69) is 38.7 Å². The molecule has 1 saturated carbocycles. The number of likely N-dealkylation sites (tertiary alicyclic amines) is 1. The van der Waals surface area contributed by atoms with Crippen LogP contribution in [-0.2, 0) is 13.0 Å². The van der Waals surface area contributed by atoms with Crippen molar-refractivity contribution in [2.24, 2.45) is 11.8 Å². The van der Waals surface area contributed by atoms with E-state index < -0.39 is 0 Å². The first-order valence-corrected chi connectivity index (χ1v) is 8.37. The molecule has 3 fully saturated rings. The van der Waals surface area contributed by atoms with Gasteiger partial charge in [0.2, 0.25) is 0 Å². The highest BCUT2D eigenvalue weighted by molar-refractivity contribution is 5.05. The van der Waals surface area contributed by atoms with Crippen molar-refractivity contribution in [2.75, 3.05) is 13.1 Å². The Balaban J connectivity index is 1.42. The number of piperidine rings is 1. The fourth-order valence-electron chi connectivity index (χ4n) is 3.90. The molecule has 0 bridgehead atoms. The monoisotopic (exact) mass is 287 g/mol. The summed E-state index contributed by atoms with van der Waals surface area (Å²) in [4.78, 5) is 11.5. The van der Waals surface area contributed by atoms with Crippen LogP contribution in [0.3, 0.4) is 0 Å². The van der Waals surface area contributed by atoms with Crippen molar-refractivity contribution in [1.82, 2.24) is 25.7 Å². The zero-order valence-corrected chi connectivity index (χ0v) is 12.8. The lowest BCUT2D eigenvalue weighted by Crippen LogP contribution is -2.46. The summed E-state index contributed by atoms with van der Waals surface area (Å²) in [5.41, 5.74) is 8.26. The predicted octanol–water partition coefficient (Wildman–Crippen LogP) is 1.12. The van der Waals surface area contributed by atoms with Crippen molar-refractivity contribution < 1.29 is 0 Å². The summed E-state index contributed by atoms with van der Waals surface area (Å²) in [7, 11) is 0. The molecule has 1 aromatic heterocycles. The lowest BCUT2D eigenvalue weighted by Gasteiger charge is -2.36. The highest BCUT2D eigenvalue weighted by Crippen LogP contribution is 2.40. The average molecular weight is 287 g/mol. The molecule has 5 heteroatoms. The number of aromatic nitrogens is 2. The van der Waals surface area contributed by atoms with Crippen LogP contribution >= 0.6 is 0 Å². The molecule has 1 aromatic rings. The Morgan fingerprint density at radius 3 is 3.00 bits per heavy atom. The summed E-state index contributed by atoms with van der Waals surface area (Å²) in [5.74, 6) is 2.64. The average Bonchev–Trinajstić information content (AvgIpc) is 3.27. The Labute approximate surface area is 126 Å². The third-order valence-electron chi connectivity index (χ3n) is 5.23. The van der Waals surface area contributed by atoms with Gasteiger partial charge in [-0.3, -0.25) is 15.8 Å². The van der Waals surface area contributed by atoms with Crippen LogP contribution in [0.25, 0.3) is 0 Å². The van der Waals surface area contributed by atoms with Gasteiger partial charge < -0.3 is 0 Å². The zero-order chi connectivity index (χ0) is 14.2. The van der Waals surface area contributed by atoms with Crippen LogP contribution in [-0.4, -0.2) is 40.0 Å². The van der Waals surface area contributed by atoms with E-state index in [9.17, 15) is 0 Å². The maximum Gasteiger partial charge on any atom is 0.128 e. The molecule has 114 valence electrons. The Morgan fingerprint density at radius 1 is 1.29 bits per heavy atom. The van der Waals surface area contributed by atoms with E-state index >= 15 is 0 Å². The molecule has 0 amide bonds. The van der Waals surface area contributed by atoms with Gasteiger partial charge in [-0.25, -0.2) is 9.97 Å². The second-order valence-corrected chi connectivity index (χ2v) is 6.76. The van der Waals surface area contributed by atoms with Crippen LogP contribution in [0.4, 0.5) is 0 Å². The number of aryl methyl sites for hydroxylation is 1. The third-order valence-corrected chi connectivity index (χ3v) is 5.23. The minimum Gasteiger partial charge on any atom is -0.297 e. The van der Waals surface area contributed by atoms with E-state index in [1.165, 1.54) is 38.0 Å². The Hall–Kier alpha value is -1.04. The van der Waals surface area contributed by atoms with E-state index in [0.717, 1.165) is 30.6 Å². The Bertz CT molecular complexity index is 501. The molecule has 21 heavy (non-hydrogen) atoms.